The Kier molecular flexibility index (Phi) is 8.84. The fourth-order valence-electron chi connectivity index (χ4n) is 2.75. The first-order chi connectivity index (χ1) is 13.9. The normalized spacial score (nSPS) is 11.8. The van der Waals surface area contributed by atoms with E-state index in [0.29, 0.717) is 37.0 Å². The Balaban J connectivity index is 1.92. The predicted octanol–water partition coefficient (Wildman–Crippen LogP) is 4.90. The topological polar surface area (TPSA) is 56.8 Å². The van der Waals surface area contributed by atoms with E-state index in [2.05, 4.69) is 19.2 Å². The summed E-state index contributed by atoms with van der Waals surface area (Å²) in [6, 6.07) is 13.4. The molecule has 29 heavy (non-hydrogen) atoms. The molecule has 0 fully saturated rings. The summed E-state index contributed by atoms with van der Waals surface area (Å²) in [4.78, 5) is 12.6. The van der Waals surface area contributed by atoms with Gasteiger partial charge >= 0.3 is 0 Å². The Bertz CT molecular complexity index is 771. The van der Waals surface area contributed by atoms with Crippen LogP contribution in [-0.2, 0) is 11.3 Å². The van der Waals surface area contributed by atoms with Gasteiger partial charge in [0.25, 0.3) is 5.91 Å². The molecule has 2 aromatic rings. The summed E-state index contributed by atoms with van der Waals surface area (Å²) in [6.07, 6.45) is 1.05. The lowest BCUT2D eigenvalue weighted by Gasteiger charge is -2.18. The predicted molar refractivity (Wildman–Crippen MR) is 116 cm³/mol. The zero-order valence-electron chi connectivity index (χ0n) is 18.2. The first kappa shape index (κ1) is 22.6. The molecule has 5 heteroatoms. The van der Waals surface area contributed by atoms with Crippen molar-refractivity contribution in [3.63, 3.8) is 0 Å². The van der Waals surface area contributed by atoms with Gasteiger partial charge in [0.2, 0.25) is 0 Å². The van der Waals surface area contributed by atoms with Crippen LogP contribution in [0.4, 0.5) is 0 Å². The largest absolute Gasteiger partial charge is 0.493 e. The number of amides is 1. The minimum Gasteiger partial charge on any atom is -0.493 e. The van der Waals surface area contributed by atoms with Crippen molar-refractivity contribution in [2.24, 2.45) is 5.92 Å². The Hall–Kier alpha value is -2.69. The van der Waals surface area contributed by atoms with Gasteiger partial charge in [-0.25, -0.2) is 0 Å². The molecule has 0 spiro atoms. The highest BCUT2D eigenvalue weighted by Crippen LogP contribution is 2.28. The van der Waals surface area contributed by atoms with Gasteiger partial charge in [-0.3, -0.25) is 4.79 Å². The molecular formula is C24H33NO4. The molecule has 0 aliphatic heterocycles. The first-order valence-corrected chi connectivity index (χ1v) is 10.2. The van der Waals surface area contributed by atoms with Crippen LogP contribution in [-0.4, -0.2) is 25.7 Å². The number of rotatable bonds is 11. The van der Waals surface area contributed by atoms with Crippen LogP contribution in [0.15, 0.2) is 42.5 Å². The van der Waals surface area contributed by atoms with Gasteiger partial charge in [-0.15, -0.1) is 0 Å². The van der Waals surface area contributed by atoms with Gasteiger partial charge in [0, 0.05) is 6.54 Å². The Morgan fingerprint density at radius 2 is 1.79 bits per heavy atom. The van der Waals surface area contributed by atoms with Gasteiger partial charge in [-0.2, -0.15) is 0 Å². The van der Waals surface area contributed by atoms with Crippen LogP contribution in [0, 0.1) is 12.8 Å². The van der Waals surface area contributed by atoms with Crippen LogP contribution in [0.2, 0.25) is 0 Å². The molecule has 1 unspecified atom stereocenters. The quantitative estimate of drug-likeness (QED) is 0.584. The van der Waals surface area contributed by atoms with Gasteiger partial charge in [-0.1, -0.05) is 44.5 Å². The van der Waals surface area contributed by atoms with Gasteiger partial charge in [0.05, 0.1) is 13.7 Å². The number of ether oxygens (including phenoxy) is 3. The molecule has 0 aliphatic carbocycles. The zero-order valence-corrected chi connectivity index (χ0v) is 18.2. The van der Waals surface area contributed by atoms with E-state index in [1.807, 2.05) is 56.3 Å². The number of hydrogen-bond acceptors (Lipinski definition) is 4. The van der Waals surface area contributed by atoms with Crippen molar-refractivity contribution in [2.75, 3.05) is 13.7 Å². The minimum absolute atomic E-state index is 0.135. The monoisotopic (exact) mass is 399 g/mol. The molecule has 1 atom stereocenters. The summed E-state index contributed by atoms with van der Waals surface area (Å²) in [5.74, 6) is 2.54. The maximum absolute atomic E-state index is 12.6. The van der Waals surface area contributed by atoms with E-state index in [1.54, 1.807) is 7.11 Å². The fraction of sp³-hybridized carbons (Fsp3) is 0.458. The molecule has 0 aliphatic rings. The third kappa shape index (κ3) is 7.33. The van der Waals surface area contributed by atoms with Crippen molar-refractivity contribution >= 4 is 5.91 Å². The summed E-state index contributed by atoms with van der Waals surface area (Å²) in [5, 5.41) is 2.95. The van der Waals surface area contributed by atoms with E-state index in [0.717, 1.165) is 23.3 Å². The smallest absolute Gasteiger partial charge is 0.261 e. The van der Waals surface area contributed by atoms with Crippen molar-refractivity contribution in [3.05, 3.63) is 53.6 Å². The van der Waals surface area contributed by atoms with E-state index < -0.39 is 6.10 Å². The lowest BCUT2D eigenvalue weighted by molar-refractivity contribution is -0.128. The van der Waals surface area contributed by atoms with Gasteiger partial charge < -0.3 is 19.5 Å². The van der Waals surface area contributed by atoms with Crippen molar-refractivity contribution < 1.29 is 19.0 Å². The average Bonchev–Trinajstić information content (AvgIpc) is 2.71. The molecule has 0 saturated carbocycles. The molecule has 158 valence electrons. The first-order valence-electron chi connectivity index (χ1n) is 10.2. The summed E-state index contributed by atoms with van der Waals surface area (Å²) >= 11 is 0. The zero-order chi connectivity index (χ0) is 21.2. The molecule has 0 heterocycles. The maximum atomic E-state index is 12.6. The van der Waals surface area contributed by atoms with Gasteiger partial charge in [-0.05, 0) is 55.5 Å². The van der Waals surface area contributed by atoms with Crippen molar-refractivity contribution in [3.8, 4) is 17.2 Å². The lowest BCUT2D eigenvalue weighted by Crippen LogP contribution is -2.37. The van der Waals surface area contributed by atoms with E-state index in [9.17, 15) is 4.79 Å². The number of methoxy groups -OCH3 is 1. The highest BCUT2D eigenvalue weighted by atomic mass is 16.5. The van der Waals surface area contributed by atoms with Crippen molar-refractivity contribution in [1.29, 1.82) is 0 Å². The molecule has 0 radical (unpaired) electrons. The van der Waals surface area contributed by atoms with E-state index >= 15 is 0 Å². The van der Waals surface area contributed by atoms with Crippen LogP contribution >= 0.6 is 0 Å². The molecule has 1 amide bonds. The summed E-state index contributed by atoms with van der Waals surface area (Å²) in [5.41, 5.74) is 2.09. The lowest BCUT2D eigenvalue weighted by atomic mass is 10.1. The molecule has 0 bridgehead atoms. The third-order valence-electron chi connectivity index (χ3n) is 4.61. The van der Waals surface area contributed by atoms with Crippen LogP contribution < -0.4 is 19.5 Å². The SMILES string of the molecule is CCC(Oc1ccc(C)cc1)C(=O)NCc1ccc(OCCC(C)C)c(OC)c1. The van der Waals surface area contributed by atoms with E-state index in [1.165, 1.54) is 0 Å². The molecule has 1 N–H and O–H groups in total. The van der Waals surface area contributed by atoms with E-state index in [4.69, 9.17) is 14.2 Å². The second-order valence-corrected chi connectivity index (χ2v) is 7.56. The van der Waals surface area contributed by atoms with Gasteiger partial charge in [0.1, 0.15) is 5.75 Å². The number of carbonyl (C=O) groups excluding carboxylic acids is 1. The Labute approximate surface area is 174 Å². The number of carbonyl (C=O) groups is 1. The molecular weight excluding hydrogens is 366 g/mol. The second kappa shape index (κ2) is 11.3. The number of hydrogen-bond donors (Lipinski definition) is 1. The van der Waals surface area contributed by atoms with Crippen molar-refractivity contribution in [1.82, 2.24) is 5.32 Å². The van der Waals surface area contributed by atoms with Crippen LogP contribution in [0.25, 0.3) is 0 Å². The van der Waals surface area contributed by atoms with Crippen LogP contribution in [0.1, 0.15) is 44.7 Å². The van der Waals surface area contributed by atoms with Gasteiger partial charge in [0.15, 0.2) is 17.6 Å². The van der Waals surface area contributed by atoms with E-state index in [-0.39, 0.29) is 5.91 Å². The van der Waals surface area contributed by atoms with Crippen LogP contribution in [0.3, 0.4) is 0 Å². The average molecular weight is 400 g/mol. The Morgan fingerprint density at radius 1 is 1.07 bits per heavy atom. The summed E-state index contributed by atoms with van der Waals surface area (Å²) < 4.78 is 17.1. The standard InChI is InChI=1S/C24H33NO4/c1-6-21(29-20-10-7-18(4)8-11-20)24(26)25-16-19-9-12-22(23(15-19)27-5)28-14-13-17(2)3/h7-12,15,17,21H,6,13-14,16H2,1-5H3,(H,25,26). The van der Waals surface area contributed by atoms with Crippen LogP contribution in [0.5, 0.6) is 17.2 Å². The number of nitrogens with one attached hydrogen (secondary N) is 1. The maximum Gasteiger partial charge on any atom is 0.261 e. The second-order valence-electron chi connectivity index (χ2n) is 7.56. The number of aryl methyl sites for hydroxylation is 1. The molecule has 0 aromatic heterocycles. The third-order valence-corrected chi connectivity index (χ3v) is 4.61. The highest BCUT2D eigenvalue weighted by Gasteiger charge is 2.18. The fourth-order valence-corrected chi connectivity index (χ4v) is 2.75. The molecule has 2 rings (SSSR count). The minimum atomic E-state index is -0.529. The molecule has 2 aromatic carbocycles. The summed E-state index contributed by atoms with van der Waals surface area (Å²) in [6.45, 7) is 9.33. The molecule has 5 nitrogen and oxygen atoms in total. The highest BCUT2D eigenvalue weighted by molar-refractivity contribution is 5.81. The molecule has 0 saturated heterocycles. The number of benzene rings is 2. The Morgan fingerprint density at radius 3 is 2.41 bits per heavy atom. The summed E-state index contributed by atoms with van der Waals surface area (Å²) in [7, 11) is 1.62. The van der Waals surface area contributed by atoms with Crippen molar-refractivity contribution in [2.45, 2.75) is 53.2 Å².